The van der Waals surface area contributed by atoms with Crippen LogP contribution >= 0.6 is 0 Å². The number of likely N-dealkylation sites (tertiary alicyclic amines) is 1. The molecule has 27 heavy (non-hydrogen) atoms. The van der Waals surface area contributed by atoms with E-state index >= 15 is 0 Å². The van der Waals surface area contributed by atoms with E-state index in [2.05, 4.69) is 33.4 Å². The van der Waals surface area contributed by atoms with Gasteiger partial charge in [0, 0.05) is 17.5 Å². The van der Waals surface area contributed by atoms with E-state index in [4.69, 9.17) is 9.78 Å². The van der Waals surface area contributed by atoms with Crippen molar-refractivity contribution < 1.29 is 9.32 Å². The van der Waals surface area contributed by atoms with Gasteiger partial charge in [0.25, 0.3) is 0 Å². The number of nitrogens with one attached hydrogen (secondary N) is 1. The molecular weight excluding hydrogens is 342 g/mol. The fourth-order valence-electron chi connectivity index (χ4n) is 3.54. The molecule has 1 aromatic heterocycles. The molecule has 0 radical (unpaired) electrons. The molecule has 1 aliphatic heterocycles. The van der Waals surface area contributed by atoms with Gasteiger partial charge in [-0.25, -0.2) is 0 Å². The molecule has 2 heterocycles. The van der Waals surface area contributed by atoms with Crippen LogP contribution in [0.5, 0.6) is 0 Å². The molecule has 1 saturated heterocycles. The summed E-state index contributed by atoms with van der Waals surface area (Å²) in [6.07, 6.45) is 3.89. The monoisotopic (exact) mass is 365 g/mol. The molecule has 140 valence electrons. The number of carbonyl (C=O) groups is 1. The second-order valence-electron chi connectivity index (χ2n) is 7.43. The summed E-state index contributed by atoms with van der Waals surface area (Å²) in [5.74, 6) is 2.00. The zero-order valence-electron chi connectivity index (χ0n) is 15.4. The van der Waals surface area contributed by atoms with Gasteiger partial charge in [0.2, 0.25) is 11.8 Å². The van der Waals surface area contributed by atoms with Crippen molar-refractivity contribution in [3.05, 3.63) is 41.5 Å². The molecule has 1 saturated carbocycles. The summed E-state index contributed by atoms with van der Waals surface area (Å²) in [4.78, 5) is 19.4. The number of hydrogen-bond acceptors (Lipinski definition) is 6. The number of hydrogen-bond donors (Lipinski definition) is 1. The summed E-state index contributed by atoms with van der Waals surface area (Å²) in [5.41, 5.74) is 1.22. The third-order valence-electron chi connectivity index (χ3n) is 5.46. The van der Waals surface area contributed by atoms with Gasteiger partial charge in [-0.3, -0.25) is 9.69 Å². The maximum Gasteiger partial charge on any atom is 0.243 e. The Hall–Kier alpha value is -2.72. The zero-order chi connectivity index (χ0) is 18.8. The highest BCUT2D eigenvalue weighted by molar-refractivity contribution is 5.92. The molecule has 1 amide bonds. The van der Waals surface area contributed by atoms with Gasteiger partial charge < -0.3 is 9.84 Å². The minimum atomic E-state index is -0.0242. The number of nitrogens with zero attached hydrogens (tertiary/aromatic N) is 4. The van der Waals surface area contributed by atoms with Crippen molar-refractivity contribution in [3.63, 3.8) is 0 Å². The zero-order valence-corrected chi connectivity index (χ0v) is 15.4. The number of anilines is 1. The van der Waals surface area contributed by atoms with Crippen LogP contribution in [-0.2, 0) is 4.79 Å². The normalized spacial score (nSPS) is 19.4. The van der Waals surface area contributed by atoms with E-state index in [1.165, 1.54) is 0 Å². The summed E-state index contributed by atoms with van der Waals surface area (Å²) < 4.78 is 5.45. The van der Waals surface area contributed by atoms with Crippen molar-refractivity contribution in [2.75, 3.05) is 18.4 Å². The third kappa shape index (κ3) is 4.01. The minimum absolute atomic E-state index is 0.0196. The lowest BCUT2D eigenvalue weighted by atomic mass is 9.95. The molecule has 1 aliphatic carbocycles. The van der Waals surface area contributed by atoms with E-state index in [1.54, 1.807) is 18.2 Å². The maximum atomic E-state index is 12.5. The smallest absolute Gasteiger partial charge is 0.243 e. The number of rotatable bonds is 5. The van der Waals surface area contributed by atoms with E-state index in [0.29, 0.717) is 23.1 Å². The molecular formula is C20H23N5O2. The fourth-order valence-corrected chi connectivity index (χ4v) is 3.54. The molecule has 7 heteroatoms. The Bertz CT molecular complexity index is 859. The van der Waals surface area contributed by atoms with Crippen LogP contribution in [0, 0.1) is 17.2 Å². The Morgan fingerprint density at radius 2 is 2.11 bits per heavy atom. The standard InChI is InChI=1S/C20H23N5O2/c1-13(20-23-18(24-27-20)15-5-6-15)25-9-7-16(8-10-25)19(26)22-17-4-2-3-14(11-17)12-21/h2-4,11,13,15-16H,5-10H2,1H3,(H,22,26). The van der Waals surface area contributed by atoms with Crippen molar-refractivity contribution in [3.8, 4) is 6.07 Å². The topological polar surface area (TPSA) is 95.1 Å². The van der Waals surface area contributed by atoms with Crippen molar-refractivity contribution in [2.45, 2.75) is 44.6 Å². The number of benzene rings is 1. The third-order valence-corrected chi connectivity index (χ3v) is 5.46. The quantitative estimate of drug-likeness (QED) is 0.874. The molecule has 1 aromatic carbocycles. The van der Waals surface area contributed by atoms with Crippen molar-refractivity contribution in [1.82, 2.24) is 15.0 Å². The van der Waals surface area contributed by atoms with Gasteiger partial charge in [0.1, 0.15) is 0 Å². The van der Waals surface area contributed by atoms with Crippen LogP contribution in [0.2, 0.25) is 0 Å². The van der Waals surface area contributed by atoms with Crippen LogP contribution in [0.15, 0.2) is 28.8 Å². The maximum absolute atomic E-state index is 12.5. The molecule has 0 spiro atoms. The number of aromatic nitrogens is 2. The first-order valence-corrected chi connectivity index (χ1v) is 9.52. The van der Waals surface area contributed by atoms with Crippen LogP contribution < -0.4 is 5.32 Å². The lowest BCUT2D eigenvalue weighted by Gasteiger charge is -2.33. The minimum Gasteiger partial charge on any atom is -0.338 e. The van der Waals surface area contributed by atoms with E-state index in [9.17, 15) is 4.79 Å². The predicted molar refractivity (Wildman–Crippen MR) is 98.8 cm³/mol. The van der Waals surface area contributed by atoms with E-state index < -0.39 is 0 Å². The Kier molecular flexibility index (Phi) is 4.90. The predicted octanol–water partition coefficient (Wildman–Crippen LogP) is 3.23. The van der Waals surface area contributed by atoms with Gasteiger partial charge in [-0.15, -0.1) is 0 Å². The van der Waals surface area contributed by atoms with Crippen LogP contribution in [0.4, 0.5) is 5.69 Å². The Labute approximate surface area is 158 Å². The second-order valence-corrected chi connectivity index (χ2v) is 7.43. The number of carbonyl (C=O) groups excluding carboxylic acids is 1. The lowest BCUT2D eigenvalue weighted by molar-refractivity contribution is -0.121. The molecule has 1 atom stereocenters. The fraction of sp³-hybridized carbons (Fsp3) is 0.500. The van der Waals surface area contributed by atoms with Crippen LogP contribution in [0.3, 0.4) is 0 Å². The molecule has 1 N–H and O–H groups in total. The summed E-state index contributed by atoms with van der Waals surface area (Å²) in [5, 5.41) is 16.0. The number of piperidine rings is 1. The second kappa shape index (κ2) is 7.49. The highest BCUT2D eigenvalue weighted by Gasteiger charge is 2.32. The summed E-state index contributed by atoms with van der Waals surface area (Å²) in [7, 11) is 0. The highest BCUT2D eigenvalue weighted by Crippen LogP contribution is 2.38. The molecule has 2 aromatic rings. The first-order chi connectivity index (χ1) is 13.1. The Balaban J connectivity index is 1.31. The number of amides is 1. The average molecular weight is 365 g/mol. The Morgan fingerprint density at radius 1 is 1.33 bits per heavy atom. The molecule has 4 rings (SSSR count). The van der Waals surface area contributed by atoms with Crippen LogP contribution in [0.25, 0.3) is 0 Å². The first kappa shape index (κ1) is 17.7. The summed E-state index contributed by atoms with van der Waals surface area (Å²) >= 11 is 0. The van der Waals surface area contributed by atoms with E-state index in [0.717, 1.165) is 44.6 Å². The average Bonchev–Trinajstić information content (AvgIpc) is 3.44. The molecule has 1 unspecified atom stereocenters. The largest absolute Gasteiger partial charge is 0.338 e. The van der Waals surface area contributed by atoms with Gasteiger partial charge in [0.05, 0.1) is 17.7 Å². The summed E-state index contributed by atoms with van der Waals surface area (Å²) in [6, 6.07) is 9.16. The SMILES string of the molecule is CC(c1nc(C2CC2)no1)N1CCC(C(=O)Nc2cccc(C#N)c2)CC1. The Morgan fingerprint density at radius 3 is 2.81 bits per heavy atom. The van der Waals surface area contributed by atoms with Gasteiger partial charge >= 0.3 is 0 Å². The van der Waals surface area contributed by atoms with Crippen LogP contribution in [-0.4, -0.2) is 34.0 Å². The van der Waals surface area contributed by atoms with E-state index in [1.807, 2.05) is 6.07 Å². The molecule has 7 nitrogen and oxygen atoms in total. The van der Waals surface area contributed by atoms with E-state index in [-0.39, 0.29) is 17.9 Å². The van der Waals surface area contributed by atoms with Gasteiger partial charge in [-0.2, -0.15) is 10.2 Å². The van der Waals surface area contributed by atoms with Gasteiger partial charge in [-0.05, 0) is 63.9 Å². The van der Waals surface area contributed by atoms with Crippen LogP contribution in [0.1, 0.15) is 61.8 Å². The van der Waals surface area contributed by atoms with Crippen molar-refractivity contribution in [2.24, 2.45) is 5.92 Å². The lowest BCUT2D eigenvalue weighted by Crippen LogP contribution is -2.39. The van der Waals surface area contributed by atoms with Crippen molar-refractivity contribution in [1.29, 1.82) is 5.26 Å². The highest BCUT2D eigenvalue weighted by atomic mass is 16.5. The molecule has 2 fully saturated rings. The van der Waals surface area contributed by atoms with Gasteiger partial charge in [0.15, 0.2) is 5.82 Å². The molecule has 0 bridgehead atoms. The first-order valence-electron chi connectivity index (χ1n) is 9.52. The number of nitriles is 1. The molecule has 2 aliphatic rings. The van der Waals surface area contributed by atoms with Crippen molar-refractivity contribution >= 4 is 11.6 Å². The summed E-state index contributed by atoms with van der Waals surface area (Å²) in [6.45, 7) is 3.72. The van der Waals surface area contributed by atoms with Gasteiger partial charge in [-0.1, -0.05) is 11.2 Å².